The van der Waals surface area contributed by atoms with Gasteiger partial charge in [-0.2, -0.15) is 4.98 Å². The summed E-state index contributed by atoms with van der Waals surface area (Å²) in [6, 6.07) is 0. The SMILES string of the molecule is CCOc1nc(N)ncc1N. The summed E-state index contributed by atoms with van der Waals surface area (Å²) < 4.78 is 5.06. The van der Waals surface area contributed by atoms with Crippen molar-refractivity contribution in [3.05, 3.63) is 6.20 Å². The van der Waals surface area contributed by atoms with Crippen LogP contribution in [-0.4, -0.2) is 16.6 Å². The quantitative estimate of drug-likeness (QED) is 0.628. The lowest BCUT2D eigenvalue weighted by molar-refractivity contribution is 0.329. The monoisotopic (exact) mass is 154 g/mol. The minimum absolute atomic E-state index is 0.169. The molecule has 0 spiro atoms. The topological polar surface area (TPSA) is 87.0 Å². The van der Waals surface area contributed by atoms with E-state index in [-0.39, 0.29) is 5.95 Å². The number of rotatable bonds is 2. The van der Waals surface area contributed by atoms with E-state index in [2.05, 4.69) is 9.97 Å². The third-order valence-electron chi connectivity index (χ3n) is 1.08. The standard InChI is InChI=1S/C6H10N4O/c1-2-11-5-4(7)3-9-6(8)10-5/h3H,2,7H2,1H3,(H2,8,9,10). The van der Waals surface area contributed by atoms with Crippen LogP contribution in [-0.2, 0) is 0 Å². The molecule has 0 saturated heterocycles. The molecule has 11 heavy (non-hydrogen) atoms. The van der Waals surface area contributed by atoms with Crippen molar-refractivity contribution in [2.45, 2.75) is 6.92 Å². The van der Waals surface area contributed by atoms with Crippen LogP contribution in [0.25, 0.3) is 0 Å². The summed E-state index contributed by atoms with van der Waals surface area (Å²) in [6.07, 6.45) is 1.42. The fourth-order valence-electron chi connectivity index (χ4n) is 0.641. The lowest BCUT2D eigenvalue weighted by Crippen LogP contribution is -2.03. The first-order valence-electron chi connectivity index (χ1n) is 3.24. The number of nitrogens with two attached hydrogens (primary N) is 2. The molecule has 0 aliphatic rings. The smallest absolute Gasteiger partial charge is 0.242 e. The van der Waals surface area contributed by atoms with Crippen molar-refractivity contribution < 1.29 is 4.74 Å². The van der Waals surface area contributed by atoms with Gasteiger partial charge in [-0.05, 0) is 6.92 Å². The van der Waals surface area contributed by atoms with Crippen molar-refractivity contribution in [2.24, 2.45) is 0 Å². The fraction of sp³-hybridized carbons (Fsp3) is 0.333. The molecule has 1 aromatic heterocycles. The second-order valence-corrected chi connectivity index (χ2v) is 1.92. The number of nitrogens with zero attached hydrogens (tertiary/aromatic N) is 2. The normalized spacial score (nSPS) is 9.55. The Balaban J connectivity index is 2.93. The first kappa shape index (κ1) is 7.59. The molecule has 0 unspecified atom stereocenters. The van der Waals surface area contributed by atoms with E-state index in [1.165, 1.54) is 6.20 Å². The Morgan fingerprint density at radius 1 is 1.55 bits per heavy atom. The summed E-state index contributed by atoms with van der Waals surface area (Å²) in [7, 11) is 0. The molecule has 1 aromatic rings. The number of nitrogen functional groups attached to an aromatic ring is 2. The van der Waals surface area contributed by atoms with Crippen LogP contribution < -0.4 is 16.2 Å². The summed E-state index contributed by atoms with van der Waals surface area (Å²) in [6.45, 7) is 2.36. The van der Waals surface area contributed by atoms with Gasteiger partial charge in [0.05, 0.1) is 12.8 Å². The van der Waals surface area contributed by atoms with Crippen LogP contribution in [0.15, 0.2) is 6.20 Å². The molecule has 1 rings (SSSR count). The highest BCUT2D eigenvalue weighted by atomic mass is 16.5. The van der Waals surface area contributed by atoms with Gasteiger partial charge in [0.2, 0.25) is 11.8 Å². The third-order valence-corrected chi connectivity index (χ3v) is 1.08. The van der Waals surface area contributed by atoms with E-state index in [9.17, 15) is 0 Å². The molecule has 0 radical (unpaired) electrons. The summed E-state index contributed by atoms with van der Waals surface area (Å²) in [5.74, 6) is 0.516. The van der Waals surface area contributed by atoms with E-state index < -0.39 is 0 Å². The summed E-state index contributed by atoms with van der Waals surface area (Å²) in [5, 5.41) is 0. The summed E-state index contributed by atoms with van der Waals surface area (Å²) in [4.78, 5) is 7.47. The van der Waals surface area contributed by atoms with Gasteiger partial charge in [0.25, 0.3) is 0 Å². The highest BCUT2D eigenvalue weighted by molar-refractivity contribution is 5.47. The Morgan fingerprint density at radius 2 is 2.27 bits per heavy atom. The van der Waals surface area contributed by atoms with Crippen molar-refractivity contribution in [1.82, 2.24) is 9.97 Å². The third kappa shape index (κ3) is 1.70. The molecule has 0 bridgehead atoms. The van der Waals surface area contributed by atoms with Crippen molar-refractivity contribution >= 4 is 11.6 Å². The number of anilines is 2. The van der Waals surface area contributed by atoms with Gasteiger partial charge in [0.1, 0.15) is 5.69 Å². The van der Waals surface area contributed by atoms with Crippen LogP contribution >= 0.6 is 0 Å². The van der Waals surface area contributed by atoms with Crippen LogP contribution in [0.4, 0.5) is 11.6 Å². The van der Waals surface area contributed by atoms with Gasteiger partial charge in [-0.1, -0.05) is 0 Å². The van der Waals surface area contributed by atoms with Gasteiger partial charge in [-0.25, -0.2) is 4.98 Å². The average molecular weight is 154 g/mol. The van der Waals surface area contributed by atoms with E-state index in [0.717, 1.165) is 0 Å². The van der Waals surface area contributed by atoms with Gasteiger partial charge >= 0.3 is 0 Å². The molecule has 0 atom stereocenters. The van der Waals surface area contributed by atoms with Crippen LogP contribution in [0, 0.1) is 0 Å². The van der Waals surface area contributed by atoms with Crippen LogP contribution in [0.2, 0.25) is 0 Å². The Bertz CT molecular complexity index is 250. The molecule has 5 heteroatoms. The zero-order valence-electron chi connectivity index (χ0n) is 6.24. The molecule has 4 N–H and O–H groups in total. The molecular formula is C6H10N4O. The first-order valence-corrected chi connectivity index (χ1v) is 3.24. The predicted octanol–water partition coefficient (Wildman–Crippen LogP) is 0.0397. The minimum Gasteiger partial charge on any atom is -0.476 e. The van der Waals surface area contributed by atoms with Gasteiger partial charge in [-0.3, -0.25) is 0 Å². The van der Waals surface area contributed by atoms with E-state index in [4.69, 9.17) is 16.2 Å². The maximum atomic E-state index is 5.47. The Morgan fingerprint density at radius 3 is 2.91 bits per heavy atom. The van der Waals surface area contributed by atoms with Crippen LogP contribution in [0.1, 0.15) is 6.92 Å². The molecule has 5 nitrogen and oxygen atoms in total. The highest BCUT2D eigenvalue weighted by Crippen LogP contribution is 2.16. The second-order valence-electron chi connectivity index (χ2n) is 1.92. The zero-order valence-corrected chi connectivity index (χ0v) is 6.24. The highest BCUT2D eigenvalue weighted by Gasteiger charge is 2.01. The van der Waals surface area contributed by atoms with Crippen LogP contribution in [0.3, 0.4) is 0 Å². The minimum atomic E-state index is 0.169. The zero-order chi connectivity index (χ0) is 8.27. The Labute approximate surface area is 64.4 Å². The molecular weight excluding hydrogens is 144 g/mol. The maximum absolute atomic E-state index is 5.47. The molecule has 0 aliphatic carbocycles. The number of aromatic nitrogens is 2. The maximum Gasteiger partial charge on any atom is 0.242 e. The molecule has 0 aromatic carbocycles. The summed E-state index contributed by atoms with van der Waals surface area (Å²) in [5.41, 5.74) is 11.2. The first-order chi connectivity index (χ1) is 5.24. The number of hydrogen-bond acceptors (Lipinski definition) is 5. The number of hydrogen-bond donors (Lipinski definition) is 2. The molecule has 0 fully saturated rings. The van der Waals surface area contributed by atoms with Gasteiger partial charge < -0.3 is 16.2 Å². The molecule has 60 valence electrons. The predicted molar refractivity (Wildman–Crippen MR) is 42.0 cm³/mol. The lowest BCUT2D eigenvalue weighted by atomic mass is 10.5. The van der Waals surface area contributed by atoms with E-state index in [1.807, 2.05) is 6.92 Å². The van der Waals surface area contributed by atoms with Gasteiger partial charge in [0.15, 0.2) is 0 Å². The molecule has 0 amide bonds. The Kier molecular flexibility index (Phi) is 2.10. The van der Waals surface area contributed by atoms with E-state index in [0.29, 0.717) is 18.2 Å². The largest absolute Gasteiger partial charge is 0.476 e. The van der Waals surface area contributed by atoms with E-state index >= 15 is 0 Å². The van der Waals surface area contributed by atoms with Gasteiger partial charge in [-0.15, -0.1) is 0 Å². The van der Waals surface area contributed by atoms with Crippen LogP contribution in [0.5, 0.6) is 5.88 Å². The molecule has 0 saturated carbocycles. The summed E-state index contributed by atoms with van der Waals surface area (Å²) >= 11 is 0. The second kappa shape index (κ2) is 3.05. The average Bonchev–Trinajstić information content (AvgIpc) is 1.98. The fourth-order valence-corrected chi connectivity index (χ4v) is 0.641. The van der Waals surface area contributed by atoms with Crippen molar-refractivity contribution in [3.8, 4) is 5.88 Å². The molecule has 0 aliphatic heterocycles. The van der Waals surface area contributed by atoms with Crippen molar-refractivity contribution in [2.75, 3.05) is 18.1 Å². The molecule has 1 heterocycles. The lowest BCUT2D eigenvalue weighted by Gasteiger charge is -2.03. The van der Waals surface area contributed by atoms with Crippen molar-refractivity contribution in [3.63, 3.8) is 0 Å². The van der Waals surface area contributed by atoms with Crippen molar-refractivity contribution in [1.29, 1.82) is 0 Å². The Hall–Kier alpha value is -1.52. The van der Waals surface area contributed by atoms with E-state index in [1.54, 1.807) is 0 Å². The number of ether oxygens (including phenoxy) is 1. The van der Waals surface area contributed by atoms with Gasteiger partial charge in [0, 0.05) is 0 Å².